The summed E-state index contributed by atoms with van der Waals surface area (Å²) in [7, 11) is 0. The first-order chi connectivity index (χ1) is 9.08. The molecule has 4 nitrogen and oxygen atoms in total. The van der Waals surface area contributed by atoms with Crippen molar-refractivity contribution in [2.24, 2.45) is 0 Å². The van der Waals surface area contributed by atoms with E-state index in [4.69, 9.17) is 5.73 Å². The molecule has 2 aromatic rings. The van der Waals surface area contributed by atoms with Gasteiger partial charge in [0.1, 0.15) is 5.66 Å². The van der Waals surface area contributed by atoms with Crippen molar-refractivity contribution >= 4 is 17.3 Å². The van der Waals surface area contributed by atoms with Gasteiger partial charge in [-0.15, -0.1) is 0 Å². The summed E-state index contributed by atoms with van der Waals surface area (Å²) in [5, 5.41) is 6.36. The van der Waals surface area contributed by atoms with Gasteiger partial charge in [0.25, 0.3) is 5.91 Å². The second-order valence-electron chi connectivity index (χ2n) is 4.87. The Kier molecular flexibility index (Phi) is 2.45. The summed E-state index contributed by atoms with van der Waals surface area (Å²) in [4.78, 5) is 12.2. The molecule has 3 rings (SSSR count). The Labute approximate surface area is 111 Å². The molecule has 1 aliphatic rings. The molecule has 1 atom stereocenters. The van der Waals surface area contributed by atoms with E-state index in [1.165, 1.54) is 0 Å². The van der Waals surface area contributed by atoms with E-state index in [1.54, 1.807) is 6.07 Å². The molecular formula is C15H15N3O. The van der Waals surface area contributed by atoms with Gasteiger partial charge in [-0.05, 0) is 36.8 Å². The summed E-state index contributed by atoms with van der Waals surface area (Å²) in [6.45, 7) is 1.94. The second kappa shape index (κ2) is 4.02. The summed E-state index contributed by atoms with van der Waals surface area (Å²) in [5.41, 5.74) is 8.24. The molecular weight excluding hydrogens is 238 g/mol. The van der Waals surface area contributed by atoms with Crippen LogP contribution in [0.5, 0.6) is 0 Å². The van der Waals surface area contributed by atoms with E-state index in [1.807, 2.05) is 49.4 Å². The number of anilines is 2. The molecule has 0 radical (unpaired) electrons. The maximum Gasteiger partial charge on any atom is 0.255 e. The highest BCUT2D eigenvalue weighted by atomic mass is 16.2. The number of hydrogen-bond acceptors (Lipinski definition) is 3. The molecule has 4 heteroatoms. The van der Waals surface area contributed by atoms with Crippen LogP contribution in [-0.4, -0.2) is 5.91 Å². The minimum atomic E-state index is -0.626. The summed E-state index contributed by atoms with van der Waals surface area (Å²) >= 11 is 0. The molecule has 1 unspecified atom stereocenters. The summed E-state index contributed by atoms with van der Waals surface area (Å²) in [6.07, 6.45) is 0. The highest BCUT2D eigenvalue weighted by molar-refractivity contribution is 6.02. The van der Waals surface area contributed by atoms with E-state index in [-0.39, 0.29) is 5.91 Å². The number of nitrogen functional groups attached to an aromatic ring is 1. The molecule has 0 saturated heterocycles. The molecule has 0 spiro atoms. The monoisotopic (exact) mass is 253 g/mol. The van der Waals surface area contributed by atoms with Crippen LogP contribution < -0.4 is 16.4 Å². The first kappa shape index (κ1) is 11.6. The Morgan fingerprint density at radius 2 is 1.68 bits per heavy atom. The fourth-order valence-electron chi connectivity index (χ4n) is 2.35. The first-order valence-corrected chi connectivity index (χ1v) is 6.14. The van der Waals surface area contributed by atoms with Crippen LogP contribution in [0.2, 0.25) is 0 Å². The van der Waals surface area contributed by atoms with Gasteiger partial charge in [0, 0.05) is 11.4 Å². The zero-order chi connectivity index (χ0) is 13.5. The highest BCUT2D eigenvalue weighted by Gasteiger charge is 2.34. The number of benzene rings is 2. The zero-order valence-electron chi connectivity index (χ0n) is 10.6. The number of carbonyl (C=O) groups is 1. The summed E-state index contributed by atoms with van der Waals surface area (Å²) in [6, 6.07) is 15.0. The number of nitrogens with one attached hydrogen (secondary N) is 2. The molecule has 0 aliphatic carbocycles. The smallest absolute Gasteiger partial charge is 0.255 e. The fraction of sp³-hybridized carbons (Fsp3) is 0.133. The van der Waals surface area contributed by atoms with Gasteiger partial charge in [-0.3, -0.25) is 4.79 Å². The largest absolute Gasteiger partial charge is 0.399 e. The van der Waals surface area contributed by atoms with E-state index < -0.39 is 5.66 Å². The van der Waals surface area contributed by atoms with Crippen molar-refractivity contribution in [2.75, 3.05) is 11.1 Å². The number of amides is 1. The van der Waals surface area contributed by atoms with Gasteiger partial charge in [-0.1, -0.05) is 24.3 Å². The van der Waals surface area contributed by atoms with E-state index in [0.29, 0.717) is 11.3 Å². The Morgan fingerprint density at radius 3 is 2.42 bits per heavy atom. The van der Waals surface area contributed by atoms with Crippen molar-refractivity contribution in [2.45, 2.75) is 12.6 Å². The quantitative estimate of drug-likeness (QED) is 0.683. The second-order valence-corrected chi connectivity index (χ2v) is 4.87. The third-order valence-corrected chi connectivity index (χ3v) is 3.41. The Balaban J connectivity index is 2.04. The number of para-hydroxylation sites is 1. The number of hydrogen-bond donors (Lipinski definition) is 3. The number of rotatable bonds is 1. The average Bonchev–Trinajstić information content (AvgIpc) is 2.39. The van der Waals surface area contributed by atoms with Gasteiger partial charge in [0.15, 0.2) is 0 Å². The Hall–Kier alpha value is -2.49. The molecule has 96 valence electrons. The van der Waals surface area contributed by atoms with E-state index in [9.17, 15) is 4.79 Å². The molecule has 1 heterocycles. The Bertz CT molecular complexity index is 636. The third-order valence-electron chi connectivity index (χ3n) is 3.41. The molecule has 1 amide bonds. The topological polar surface area (TPSA) is 67.1 Å². The van der Waals surface area contributed by atoms with Gasteiger partial charge >= 0.3 is 0 Å². The minimum absolute atomic E-state index is 0.0753. The van der Waals surface area contributed by atoms with Gasteiger partial charge in [-0.2, -0.15) is 0 Å². The normalized spacial score (nSPS) is 21.2. The predicted octanol–water partition coefficient (Wildman–Crippen LogP) is 2.30. The van der Waals surface area contributed by atoms with Crippen LogP contribution in [0.4, 0.5) is 11.4 Å². The van der Waals surface area contributed by atoms with Crippen LogP contribution in [0.3, 0.4) is 0 Å². The maximum atomic E-state index is 12.2. The van der Waals surface area contributed by atoms with Gasteiger partial charge in [0.05, 0.1) is 5.56 Å². The summed E-state index contributed by atoms with van der Waals surface area (Å²) < 4.78 is 0. The molecule has 0 fully saturated rings. The van der Waals surface area contributed by atoms with Crippen LogP contribution in [0, 0.1) is 0 Å². The predicted molar refractivity (Wildman–Crippen MR) is 75.7 cm³/mol. The molecule has 0 bridgehead atoms. The number of fused-ring (bicyclic) bond motifs is 1. The molecule has 0 aromatic heterocycles. The van der Waals surface area contributed by atoms with Gasteiger partial charge < -0.3 is 16.4 Å². The van der Waals surface area contributed by atoms with Crippen molar-refractivity contribution in [3.63, 3.8) is 0 Å². The van der Waals surface area contributed by atoms with Crippen LogP contribution in [0.15, 0.2) is 48.5 Å². The summed E-state index contributed by atoms with van der Waals surface area (Å²) in [5.74, 6) is -0.0753. The highest BCUT2D eigenvalue weighted by Crippen LogP contribution is 2.30. The Morgan fingerprint density at radius 1 is 1.00 bits per heavy atom. The van der Waals surface area contributed by atoms with Crippen molar-refractivity contribution in [3.8, 4) is 0 Å². The van der Waals surface area contributed by atoms with Crippen molar-refractivity contribution in [3.05, 3.63) is 59.7 Å². The lowest BCUT2D eigenvalue weighted by Gasteiger charge is -2.38. The minimum Gasteiger partial charge on any atom is -0.399 e. The van der Waals surface area contributed by atoms with Crippen LogP contribution in [0.1, 0.15) is 22.8 Å². The van der Waals surface area contributed by atoms with Crippen LogP contribution in [-0.2, 0) is 5.66 Å². The van der Waals surface area contributed by atoms with Crippen LogP contribution >= 0.6 is 0 Å². The number of nitrogens with two attached hydrogens (primary N) is 1. The lowest BCUT2D eigenvalue weighted by Crippen LogP contribution is -2.52. The molecule has 2 aromatic carbocycles. The standard InChI is InChI=1S/C15H15N3O/c1-15(10-6-8-11(16)9-7-10)17-13-5-3-2-4-12(13)14(19)18-15/h2-9,17H,16H2,1H3,(H,18,19). The molecule has 1 aliphatic heterocycles. The SMILES string of the molecule is CC1(c2ccc(N)cc2)NC(=O)c2ccccc2N1. The third kappa shape index (κ3) is 1.91. The number of carbonyl (C=O) groups excluding carboxylic acids is 1. The average molecular weight is 253 g/mol. The lowest BCUT2D eigenvalue weighted by atomic mass is 9.96. The van der Waals surface area contributed by atoms with E-state index >= 15 is 0 Å². The first-order valence-electron chi connectivity index (χ1n) is 6.14. The van der Waals surface area contributed by atoms with Gasteiger partial charge in [-0.25, -0.2) is 0 Å². The fourth-order valence-corrected chi connectivity index (χ4v) is 2.35. The van der Waals surface area contributed by atoms with Crippen LogP contribution in [0.25, 0.3) is 0 Å². The molecule has 0 saturated carbocycles. The van der Waals surface area contributed by atoms with Crippen molar-refractivity contribution in [1.29, 1.82) is 0 Å². The van der Waals surface area contributed by atoms with E-state index in [2.05, 4.69) is 10.6 Å². The van der Waals surface area contributed by atoms with Crippen molar-refractivity contribution < 1.29 is 4.79 Å². The molecule has 19 heavy (non-hydrogen) atoms. The zero-order valence-corrected chi connectivity index (χ0v) is 10.6. The molecule has 4 N–H and O–H groups in total. The van der Waals surface area contributed by atoms with Crippen molar-refractivity contribution in [1.82, 2.24) is 5.32 Å². The van der Waals surface area contributed by atoms with Gasteiger partial charge in [0.2, 0.25) is 0 Å². The lowest BCUT2D eigenvalue weighted by molar-refractivity contribution is 0.0906. The van der Waals surface area contributed by atoms with E-state index in [0.717, 1.165) is 11.3 Å². The maximum absolute atomic E-state index is 12.2.